The number of hydrogen-bond acceptors (Lipinski definition) is 1. The summed E-state index contributed by atoms with van der Waals surface area (Å²) in [6.45, 7) is 23.4. The van der Waals surface area contributed by atoms with Crippen LogP contribution in [0.5, 0.6) is 5.75 Å². The highest BCUT2D eigenvalue weighted by atomic mass is 31.1. The van der Waals surface area contributed by atoms with Gasteiger partial charge in [0.2, 0.25) is 0 Å². The van der Waals surface area contributed by atoms with Gasteiger partial charge in [-0.25, -0.2) is 0 Å². The van der Waals surface area contributed by atoms with Gasteiger partial charge in [0.1, 0.15) is 5.75 Å². The molecule has 0 amide bonds. The molecule has 0 aliphatic heterocycles. The van der Waals surface area contributed by atoms with Crippen LogP contribution in [-0.2, 0) is 6.16 Å². The Bertz CT molecular complexity index is 487. The fraction of sp³-hybridized carbons (Fsp3) is 0.714. The topological polar surface area (TPSA) is 9.23 Å². The van der Waals surface area contributed by atoms with Crippen LogP contribution in [-0.4, -0.2) is 21.6 Å². The lowest BCUT2D eigenvalue weighted by molar-refractivity contribution is 0.592. The van der Waals surface area contributed by atoms with E-state index in [9.17, 15) is 0 Å². The Hall–Kier alpha value is -0.120. The highest BCUT2D eigenvalue weighted by Gasteiger charge is 2.34. The molecule has 0 fully saturated rings. The lowest BCUT2D eigenvalue weighted by atomic mass is 10.2. The first-order chi connectivity index (χ1) is 10.8. The van der Waals surface area contributed by atoms with Gasteiger partial charge in [-0.05, 0) is 34.2 Å². The van der Waals surface area contributed by atoms with Crippen LogP contribution in [0, 0.1) is 0 Å². The second kappa shape index (κ2) is 8.51. The normalized spacial score (nSPS) is 13.4. The Balaban J connectivity index is 2.99. The third-order valence-electron chi connectivity index (χ3n) is 4.09. The summed E-state index contributed by atoms with van der Waals surface area (Å²) < 4.78 is 6.40. The summed E-state index contributed by atoms with van der Waals surface area (Å²) in [5.74, 6) is 1.05. The van der Waals surface area contributed by atoms with Crippen LogP contribution in [0.4, 0.5) is 0 Å². The molecule has 1 aromatic carbocycles. The Morgan fingerprint density at radius 1 is 0.875 bits per heavy atom. The molecule has 0 heterocycles. The van der Waals surface area contributed by atoms with Crippen molar-refractivity contribution in [2.75, 3.05) is 0 Å². The molecule has 0 atom stereocenters. The van der Waals surface area contributed by atoms with Gasteiger partial charge in [0, 0.05) is 11.3 Å². The van der Waals surface area contributed by atoms with E-state index in [1.807, 2.05) is 0 Å². The molecular formula is C21H38OP2. The predicted octanol–water partition coefficient (Wildman–Crippen LogP) is 7.86. The lowest BCUT2D eigenvalue weighted by Gasteiger charge is -2.41. The standard InChI is InChI=1S/C21H38OP2/c1-16(2)24(17(3)4)22-19-13-11-12-18(14-19)15-23(20(5,6)7)21(8,9)10/h11-14,16-17H,15H2,1-10H3. The van der Waals surface area contributed by atoms with Crippen LogP contribution in [0.3, 0.4) is 0 Å². The molecule has 0 aromatic heterocycles. The maximum absolute atomic E-state index is 6.40. The summed E-state index contributed by atoms with van der Waals surface area (Å²) in [4.78, 5) is 0. The zero-order valence-electron chi connectivity index (χ0n) is 17.5. The first-order valence-electron chi connectivity index (χ1n) is 9.15. The lowest BCUT2D eigenvalue weighted by Crippen LogP contribution is -2.25. The van der Waals surface area contributed by atoms with Crippen LogP contribution >= 0.6 is 16.1 Å². The maximum Gasteiger partial charge on any atom is 0.123 e. The molecule has 0 spiro atoms. The first kappa shape index (κ1) is 21.9. The quantitative estimate of drug-likeness (QED) is 0.464. The van der Waals surface area contributed by atoms with Gasteiger partial charge in [0.05, 0.1) is 8.15 Å². The van der Waals surface area contributed by atoms with Crippen LogP contribution in [0.2, 0.25) is 0 Å². The highest BCUT2D eigenvalue weighted by molar-refractivity contribution is 7.60. The van der Waals surface area contributed by atoms with E-state index in [0.717, 1.165) is 5.75 Å². The molecule has 24 heavy (non-hydrogen) atoms. The molecule has 1 rings (SSSR count). The van der Waals surface area contributed by atoms with Crippen LogP contribution < -0.4 is 4.52 Å². The minimum Gasteiger partial charge on any atom is -0.474 e. The molecule has 0 aliphatic rings. The summed E-state index contributed by atoms with van der Waals surface area (Å²) in [5, 5.41) is 0.708. The largest absolute Gasteiger partial charge is 0.474 e. The molecule has 138 valence electrons. The SMILES string of the molecule is CC(C)P(Oc1cccc(CP(C(C)(C)C)C(C)(C)C)c1)C(C)C. The average molecular weight is 368 g/mol. The molecule has 0 N–H and O–H groups in total. The fourth-order valence-corrected chi connectivity index (χ4v) is 8.79. The van der Waals surface area contributed by atoms with E-state index in [-0.39, 0.29) is 7.92 Å². The van der Waals surface area contributed by atoms with Crippen molar-refractivity contribution in [2.24, 2.45) is 0 Å². The molecule has 1 nitrogen and oxygen atoms in total. The summed E-state index contributed by atoms with van der Waals surface area (Å²) in [6, 6.07) is 8.84. The second-order valence-corrected chi connectivity index (χ2v) is 16.0. The second-order valence-electron chi connectivity index (χ2n) is 9.21. The van der Waals surface area contributed by atoms with Crippen molar-refractivity contribution in [1.29, 1.82) is 0 Å². The Labute approximate surface area is 153 Å². The van der Waals surface area contributed by atoms with Gasteiger partial charge in [-0.3, -0.25) is 0 Å². The van der Waals surface area contributed by atoms with Crippen molar-refractivity contribution >= 4 is 16.1 Å². The van der Waals surface area contributed by atoms with Gasteiger partial charge in [-0.15, -0.1) is 0 Å². The van der Waals surface area contributed by atoms with Crippen molar-refractivity contribution in [2.45, 2.75) is 97.0 Å². The van der Waals surface area contributed by atoms with Crippen molar-refractivity contribution in [1.82, 2.24) is 0 Å². The van der Waals surface area contributed by atoms with Gasteiger partial charge in [-0.2, -0.15) is 0 Å². The number of benzene rings is 1. The van der Waals surface area contributed by atoms with Gasteiger partial charge < -0.3 is 4.52 Å². The minimum absolute atomic E-state index is 0.127. The fourth-order valence-electron chi connectivity index (χ4n) is 3.29. The molecule has 0 radical (unpaired) electrons. The molecule has 0 aliphatic carbocycles. The molecule has 0 saturated heterocycles. The summed E-state index contributed by atoms with van der Waals surface area (Å²) in [6.07, 6.45) is 1.17. The third kappa shape index (κ3) is 6.65. The molecule has 0 unspecified atom stereocenters. The van der Waals surface area contributed by atoms with Gasteiger partial charge in [0.25, 0.3) is 0 Å². The molecular weight excluding hydrogens is 330 g/mol. The maximum atomic E-state index is 6.40. The predicted molar refractivity (Wildman–Crippen MR) is 114 cm³/mol. The summed E-state index contributed by atoms with van der Waals surface area (Å²) >= 11 is 0. The van der Waals surface area contributed by atoms with Crippen molar-refractivity contribution in [3.05, 3.63) is 29.8 Å². The first-order valence-corrected chi connectivity index (χ1v) is 12.1. The number of hydrogen-bond donors (Lipinski definition) is 0. The molecule has 1 aromatic rings. The van der Waals surface area contributed by atoms with E-state index in [1.165, 1.54) is 11.7 Å². The summed E-state index contributed by atoms with van der Waals surface area (Å²) in [7, 11) is -0.554. The van der Waals surface area contributed by atoms with Crippen LogP contribution in [0.15, 0.2) is 24.3 Å². The molecule has 3 heteroatoms. The Morgan fingerprint density at radius 2 is 1.38 bits per heavy atom. The smallest absolute Gasteiger partial charge is 0.123 e. The van der Waals surface area contributed by atoms with E-state index in [1.54, 1.807) is 0 Å². The Morgan fingerprint density at radius 3 is 1.79 bits per heavy atom. The van der Waals surface area contributed by atoms with E-state index in [0.29, 0.717) is 21.6 Å². The monoisotopic (exact) mass is 368 g/mol. The van der Waals surface area contributed by atoms with E-state index in [2.05, 4.69) is 93.5 Å². The highest BCUT2D eigenvalue weighted by Crippen LogP contribution is 2.61. The average Bonchev–Trinajstić information content (AvgIpc) is 2.39. The van der Waals surface area contributed by atoms with Crippen LogP contribution in [0.1, 0.15) is 74.8 Å². The van der Waals surface area contributed by atoms with Crippen LogP contribution in [0.25, 0.3) is 0 Å². The van der Waals surface area contributed by atoms with E-state index < -0.39 is 8.15 Å². The molecule has 0 saturated carbocycles. The minimum atomic E-state index is -0.428. The van der Waals surface area contributed by atoms with E-state index in [4.69, 9.17) is 4.52 Å². The zero-order valence-corrected chi connectivity index (χ0v) is 19.3. The van der Waals surface area contributed by atoms with Crippen molar-refractivity contribution in [3.8, 4) is 5.75 Å². The van der Waals surface area contributed by atoms with Crippen molar-refractivity contribution in [3.63, 3.8) is 0 Å². The van der Waals surface area contributed by atoms with E-state index >= 15 is 0 Å². The van der Waals surface area contributed by atoms with Gasteiger partial charge in [0.15, 0.2) is 0 Å². The Kier molecular flexibility index (Phi) is 7.77. The van der Waals surface area contributed by atoms with Crippen molar-refractivity contribution < 1.29 is 4.52 Å². The zero-order chi connectivity index (χ0) is 18.7. The van der Waals surface area contributed by atoms with Gasteiger partial charge >= 0.3 is 0 Å². The van der Waals surface area contributed by atoms with Gasteiger partial charge in [-0.1, -0.05) is 89.3 Å². The molecule has 0 bridgehead atoms. The summed E-state index contributed by atoms with van der Waals surface area (Å²) in [5.41, 5.74) is 2.60. The third-order valence-corrected chi connectivity index (χ3v) is 10.5. The number of rotatable bonds is 6.